The van der Waals surface area contributed by atoms with Gasteiger partial charge in [-0.1, -0.05) is 32.0 Å². The third-order valence-corrected chi connectivity index (χ3v) is 2.35. The molecule has 0 bridgehead atoms. The average molecular weight is 225 g/mol. The molecule has 1 rings (SSSR count). The molecule has 0 saturated carbocycles. The molecule has 1 aromatic carbocycles. The second-order valence-corrected chi connectivity index (χ2v) is 4.50. The van der Waals surface area contributed by atoms with E-state index in [2.05, 4.69) is 19.2 Å². The topological polar surface area (TPSA) is 32.3 Å². The Labute approximate surface area is 96.5 Å². The first-order valence-electron chi connectivity index (χ1n) is 5.71. The van der Waals surface area contributed by atoms with Crippen LogP contribution in [-0.4, -0.2) is 24.3 Å². The average Bonchev–Trinajstić information content (AvgIpc) is 2.21. The van der Waals surface area contributed by atoms with Gasteiger partial charge in [-0.25, -0.2) is 4.39 Å². The smallest absolute Gasteiger partial charge is 0.126 e. The Balaban J connectivity index is 2.34. The van der Waals surface area contributed by atoms with Crippen molar-refractivity contribution in [1.82, 2.24) is 5.32 Å². The summed E-state index contributed by atoms with van der Waals surface area (Å²) in [6.07, 6.45) is -0.173. The minimum absolute atomic E-state index is 0.245. The van der Waals surface area contributed by atoms with Gasteiger partial charge >= 0.3 is 0 Å². The summed E-state index contributed by atoms with van der Waals surface area (Å²) in [4.78, 5) is 0. The molecule has 0 aromatic heterocycles. The predicted octanol–water partition coefficient (Wildman–Crippen LogP) is 1.97. The molecule has 0 spiro atoms. The van der Waals surface area contributed by atoms with Gasteiger partial charge in [-0.3, -0.25) is 0 Å². The molecule has 0 fully saturated rings. The summed E-state index contributed by atoms with van der Waals surface area (Å²) in [7, 11) is 0. The summed E-state index contributed by atoms with van der Waals surface area (Å²) < 4.78 is 13.3. The van der Waals surface area contributed by atoms with Crippen LogP contribution in [0.2, 0.25) is 0 Å². The van der Waals surface area contributed by atoms with Crippen molar-refractivity contribution in [3.8, 4) is 0 Å². The molecule has 3 heteroatoms. The van der Waals surface area contributed by atoms with E-state index in [0.29, 0.717) is 24.4 Å². The Morgan fingerprint density at radius 3 is 2.56 bits per heavy atom. The van der Waals surface area contributed by atoms with Crippen LogP contribution in [-0.2, 0) is 6.42 Å². The molecule has 90 valence electrons. The lowest BCUT2D eigenvalue weighted by molar-refractivity contribution is 0.169. The number of aliphatic hydroxyl groups is 1. The zero-order chi connectivity index (χ0) is 12.0. The molecule has 0 aliphatic heterocycles. The van der Waals surface area contributed by atoms with Crippen LogP contribution in [0.25, 0.3) is 0 Å². The van der Waals surface area contributed by atoms with Crippen LogP contribution < -0.4 is 5.32 Å². The zero-order valence-corrected chi connectivity index (χ0v) is 9.91. The van der Waals surface area contributed by atoms with Gasteiger partial charge in [0.05, 0.1) is 6.10 Å². The van der Waals surface area contributed by atoms with Crippen molar-refractivity contribution in [2.24, 2.45) is 5.92 Å². The van der Waals surface area contributed by atoms with Crippen LogP contribution in [0.4, 0.5) is 4.39 Å². The van der Waals surface area contributed by atoms with Gasteiger partial charge in [-0.2, -0.15) is 0 Å². The van der Waals surface area contributed by atoms with Crippen molar-refractivity contribution >= 4 is 0 Å². The Morgan fingerprint density at radius 1 is 1.25 bits per heavy atom. The Bertz CT molecular complexity index is 315. The van der Waals surface area contributed by atoms with Crippen molar-refractivity contribution < 1.29 is 9.50 Å². The van der Waals surface area contributed by atoms with E-state index in [0.717, 1.165) is 6.54 Å². The molecule has 1 atom stereocenters. The molecular weight excluding hydrogens is 205 g/mol. The van der Waals surface area contributed by atoms with Crippen LogP contribution >= 0.6 is 0 Å². The van der Waals surface area contributed by atoms with E-state index in [-0.39, 0.29) is 5.82 Å². The minimum Gasteiger partial charge on any atom is -0.391 e. The molecular formula is C13H20FNO. The first-order valence-corrected chi connectivity index (χ1v) is 5.71. The maximum absolute atomic E-state index is 13.3. The quantitative estimate of drug-likeness (QED) is 0.776. The highest BCUT2D eigenvalue weighted by Crippen LogP contribution is 2.08. The largest absolute Gasteiger partial charge is 0.391 e. The Hall–Kier alpha value is -0.930. The minimum atomic E-state index is -0.532. The highest BCUT2D eigenvalue weighted by Gasteiger charge is 2.08. The third kappa shape index (κ3) is 4.73. The molecule has 0 amide bonds. The maximum Gasteiger partial charge on any atom is 0.126 e. The van der Waals surface area contributed by atoms with Gasteiger partial charge in [-0.15, -0.1) is 0 Å². The van der Waals surface area contributed by atoms with E-state index in [1.54, 1.807) is 18.2 Å². The van der Waals surface area contributed by atoms with E-state index >= 15 is 0 Å². The maximum atomic E-state index is 13.3. The van der Waals surface area contributed by atoms with Crippen molar-refractivity contribution in [3.63, 3.8) is 0 Å². The van der Waals surface area contributed by atoms with Gasteiger partial charge in [0.1, 0.15) is 5.82 Å². The molecule has 16 heavy (non-hydrogen) atoms. The highest BCUT2D eigenvalue weighted by atomic mass is 19.1. The Morgan fingerprint density at radius 2 is 1.94 bits per heavy atom. The molecule has 0 saturated heterocycles. The van der Waals surface area contributed by atoms with Crippen molar-refractivity contribution in [2.75, 3.05) is 13.1 Å². The molecule has 1 aromatic rings. The number of nitrogens with one attached hydrogen (secondary N) is 1. The molecule has 2 nitrogen and oxygen atoms in total. The van der Waals surface area contributed by atoms with Gasteiger partial charge in [0.2, 0.25) is 0 Å². The number of benzene rings is 1. The molecule has 0 aliphatic rings. The number of rotatable bonds is 6. The number of hydrogen-bond donors (Lipinski definition) is 2. The van der Waals surface area contributed by atoms with E-state index in [1.165, 1.54) is 6.07 Å². The van der Waals surface area contributed by atoms with Crippen LogP contribution in [0.3, 0.4) is 0 Å². The third-order valence-electron chi connectivity index (χ3n) is 2.35. The van der Waals surface area contributed by atoms with Gasteiger partial charge in [0, 0.05) is 13.0 Å². The van der Waals surface area contributed by atoms with Crippen LogP contribution in [0.1, 0.15) is 19.4 Å². The van der Waals surface area contributed by atoms with Gasteiger partial charge in [-0.05, 0) is 24.1 Å². The normalized spacial score (nSPS) is 13.1. The van der Waals surface area contributed by atoms with E-state index in [1.807, 2.05) is 0 Å². The SMILES string of the molecule is CC(C)CNCC(O)Cc1ccccc1F. The zero-order valence-electron chi connectivity index (χ0n) is 9.91. The highest BCUT2D eigenvalue weighted by molar-refractivity contribution is 5.18. The summed E-state index contributed by atoms with van der Waals surface area (Å²) in [5, 5.41) is 12.9. The van der Waals surface area contributed by atoms with Gasteiger partial charge < -0.3 is 10.4 Å². The first kappa shape index (κ1) is 13.1. The number of aliphatic hydroxyl groups excluding tert-OH is 1. The molecule has 1 unspecified atom stereocenters. The van der Waals surface area contributed by atoms with Crippen LogP contribution in [0.5, 0.6) is 0 Å². The standard InChI is InChI=1S/C13H20FNO/c1-10(2)8-15-9-12(16)7-11-5-3-4-6-13(11)14/h3-6,10,12,15-16H,7-9H2,1-2H3. The fraction of sp³-hybridized carbons (Fsp3) is 0.538. The monoisotopic (exact) mass is 225 g/mol. The van der Waals surface area contributed by atoms with Crippen molar-refractivity contribution in [2.45, 2.75) is 26.4 Å². The molecule has 0 heterocycles. The lowest BCUT2D eigenvalue weighted by atomic mass is 10.1. The lowest BCUT2D eigenvalue weighted by Crippen LogP contribution is -2.31. The molecule has 0 aliphatic carbocycles. The summed E-state index contributed by atoms with van der Waals surface area (Å²) in [6.45, 7) is 5.59. The van der Waals surface area contributed by atoms with E-state index in [4.69, 9.17) is 0 Å². The van der Waals surface area contributed by atoms with E-state index < -0.39 is 6.10 Å². The van der Waals surface area contributed by atoms with Gasteiger partial charge in [0.25, 0.3) is 0 Å². The van der Waals surface area contributed by atoms with Crippen LogP contribution in [0, 0.1) is 11.7 Å². The molecule has 0 radical (unpaired) electrons. The summed E-state index contributed by atoms with van der Waals surface area (Å²) in [5.74, 6) is 0.311. The fourth-order valence-electron chi connectivity index (χ4n) is 1.53. The van der Waals surface area contributed by atoms with Gasteiger partial charge in [0.15, 0.2) is 0 Å². The fourth-order valence-corrected chi connectivity index (χ4v) is 1.53. The summed E-state index contributed by atoms with van der Waals surface area (Å²) >= 11 is 0. The van der Waals surface area contributed by atoms with Crippen LogP contribution in [0.15, 0.2) is 24.3 Å². The lowest BCUT2D eigenvalue weighted by Gasteiger charge is -2.13. The van der Waals surface area contributed by atoms with E-state index in [9.17, 15) is 9.50 Å². The molecule has 2 N–H and O–H groups in total. The van der Waals surface area contributed by atoms with Crippen molar-refractivity contribution in [1.29, 1.82) is 0 Å². The number of halogens is 1. The first-order chi connectivity index (χ1) is 7.59. The second kappa shape index (κ2) is 6.61. The van der Waals surface area contributed by atoms with Crippen molar-refractivity contribution in [3.05, 3.63) is 35.6 Å². The summed E-state index contributed by atoms with van der Waals surface area (Å²) in [6, 6.07) is 6.57. The summed E-state index contributed by atoms with van der Waals surface area (Å²) in [5.41, 5.74) is 0.571. The number of hydrogen-bond acceptors (Lipinski definition) is 2. The second-order valence-electron chi connectivity index (χ2n) is 4.50. The Kier molecular flexibility index (Phi) is 5.43. The predicted molar refractivity (Wildman–Crippen MR) is 63.8 cm³/mol.